The first-order valence-corrected chi connectivity index (χ1v) is 14.1. The van der Waals surface area contributed by atoms with Crippen molar-refractivity contribution in [3.63, 3.8) is 0 Å². The Morgan fingerprint density at radius 2 is 1.76 bits per heavy atom. The first-order chi connectivity index (χ1) is 18.4. The summed E-state index contributed by atoms with van der Waals surface area (Å²) in [6.45, 7) is 1.77. The molecule has 0 saturated heterocycles. The molecule has 2 aliphatic heterocycles. The van der Waals surface area contributed by atoms with Gasteiger partial charge in [-0.05, 0) is 96.2 Å². The molecule has 1 N–H and O–H groups in total. The first-order valence-electron chi connectivity index (χ1n) is 13.4. The zero-order valence-corrected chi connectivity index (χ0v) is 22.7. The Balaban J connectivity index is 1.16. The lowest BCUT2D eigenvalue weighted by atomic mass is 9.84. The fourth-order valence-corrected chi connectivity index (χ4v) is 6.23. The smallest absolute Gasteiger partial charge is 0.321 e. The van der Waals surface area contributed by atoms with Crippen LogP contribution in [0, 0.1) is 0 Å². The van der Waals surface area contributed by atoms with Crippen LogP contribution in [0.1, 0.15) is 59.4 Å². The van der Waals surface area contributed by atoms with Gasteiger partial charge in [0.25, 0.3) is 0 Å². The minimum atomic E-state index is -0.720. The molecule has 38 heavy (non-hydrogen) atoms. The van der Waals surface area contributed by atoms with Crippen molar-refractivity contribution in [2.45, 2.75) is 69.7 Å². The van der Waals surface area contributed by atoms with E-state index in [4.69, 9.17) is 32.7 Å². The van der Waals surface area contributed by atoms with Crippen LogP contribution in [0.3, 0.4) is 0 Å². The summed E-state index contributed by atoms with van der Waals surface area (Å²) in [5, 5.41) is 10.9. The Kier molecular flexibility index (Phi) is 7.26. The molecule has 1 saturated carbocycles. The van der Waals surface area contributed by atoms with E-state index < -0.39 is 12.0 Å². The summed E-state index contributed by atoms with van der Waals surface area (Å²) in [6.07, 6.45) is 5.77. The number of halogens is 2. The van der Waals surface area contributed by atoms with Gasteiger partial charge in [0.15, 0.2) is 0 Å². The van der Waals surface area contributed by atoms with Gasteiger partial charge < -0.3 is 14.6 Å². The highest BCUT2D eigenvalue weighted by Gasteiger charge is 2.38. The molecule has 0 amide bonds. The standard InChI is InChI=1S/C31H31Cl2NO4/c32-27-9-4-19(12-28(27)33)18-38-26-7-5-20(6-8-26)21-10-11-37-30-16-22-15-29(31(35)36)34(25-2-1-3-25)17-24(22)14-23(30)13-21/h4-9,12,14,16,21,25,29H,1-3,10-11,13,15,17-18H2,(H,35,36)/t21-,29+/m1/s1. The molecule has 6 rings (SSSR count). The predicted molar refractivity (Wildman–Crippen MR) is 149 cm³/mol. The molecule has 0 radical (unpaired) electrons. The van der Waals surface area contributed by atoms with Gasteiger partial charge in [-0.1, -0.05) is 53.9 Å². The maximum Gasteiger partial charge on any atom is 0.321 e. The van der Waals surface area contributed by atoms with Crippen LogP contribution < -0.4 is 9.47 Å². The van der Waals surface area contributed by atoms with Crippen LogP contribution in [0.15, 0.2) is 54.6 Å². The van der Waals surface area contributed by atoms with Gasteiger partial charge in [-0.15, -0.1) is 0 Å². The molecule has 3 aromatic carbocycles. The topological polar surface area (TPSA) is 59.0 Å². The van der Waals surface area contributed by atoms with Crippen LogP contribution in [0.5, 0.6) is 11.5 Å². The molecule has 198 valence electrons. The van der Waals surface area contributed by atoms with Crippen LogP contribution in [-0.4, -0.2) is 34.7 Å². The Bertz CT molecular complexity index is 1340. The van der Waals surface area contributed by atoms with Gasteiger partial charge in [0, 0.05) is 12.6 Å². The van der Waals surface area contributed by atoms with Crippen LogP contribution in [0.25, 0.3) is 0 Å². The molecular formula is C31H31Cl2NO4. The average molecular weight is 552 g/mol. The lowest BCUT2D eigenvalue weighted by molar-refractivity contribution is -0.146. The second-order valence-electron chi connectivity index (χ2n) is 10.7. The molecule has 3 aromatic rings. The summed E-state index contributed by atoms with van der Waals surface area (Å²) in [5.41, 5.74) is 5.82. The van der Waals surface area contributed by atoms with Crippen molar-refractivity contribution in [3.8, 4) is 11.5 Å². The Hall–Kier alpha value is -2.73. The van der Waals surface area contributed by atoms with Crippen molar-refractivity contribution < 1.29 is 19.4 Å². The van der Waals surface area contributed by atoms with E-state index in [0.717, 1.165) is 48.3 Å². The minimum absolute atomic E-state index is 0.344. The summed E-state index contributed by atoms with van der Waals surface area (Å²) in [4.78, 5) is 14.2. The summed E-state index contributed by atoms with van der Waals surface area (Å²) < 4.78 is 12.2. The van der Waals surface area contributed by atoms with E-state index in [0.29, 0.717) is 48.2 Å². The number of nitrogens with zero attached hydrogens (tertiary/aromatic N) is 1. The molecule has 2 atom stereocenters. The van der Waals surface area contributed by atoms with Crippen molar-refractivity contribution in [2.75, 3.05) is 6.61 Å². The molecule has 5 nitrogen and oxygen atoms in total. The van der Waals surface area contributed by atoms with Crippen molar-refractivity contribution >= 4 is 29.2 Å². The van der Waals surface area contributed by atoms with Gasteiger partial charge in [-0.2, -0.15) is 0 Å². The Morgan fingerprint density at radius 1 is 0.947 bits per heavy atom. The molecule has 0 spiro atoms. The van der Waals surface area contributed by atoms with E-state index in [-0.39, 0.29) is 0 Å². The first kappa shape index (κ1) is 25.5. The van der Waals surface area contributed by atoms with Gasteiger partial charge in [-0.3, -0.25) is 9.69 Å². The maximum absolute atomic E-state index is 12.0. The lowest BCUT2D eigenvalue weighted by Gasteiger charge is -2.44. The molecule has 0 bridgehead atoms. The number of carboxylic acid groups (broad SMARTS) is 1. The van der Waals surface area contributed by atoms with Crippen LogP contribution >= 0.6 is 23.2 Å². The van der Waals surface area contributed by atoms with E-state index in [1.807, 2.05) is 24.3 Å². The van der Waals surface area contributed by atoms with E-state index >= 15 is 0 Å². The zero-order chi connectivity index (χ0) is 26.2. The maximum atomic E-state index is 12.0. The second kappa shape index (κ2) is 10.8. The number of hydrogen-bond acceptors (Lipinski definition) is 4. The van der Waals surface area contributed by atoms with Gasteiger partial charge in [0.1, 0.15) is 24.1 Å². The summed E-state index contributed by atoms with van der Waals surface area (Å²) in [7, 11) is 0. The van der Waals surface area contributed by atoms with Gasteiger partial charge in [-0.25, -0.2) is 0 Å². The normalized spacial score (nSPS) is 21.4. The van der Waals surface area contributed by atoms with E-state index in [9.17, 15) is 9.90 Å². The minimum Gasteiger partial charge on any atom is -0.493 e. The van der Waals surface area contributed by atoms with Gasteiger partial charge >= 0.3 is 5.97 Å². The number of hydrogen-bond donors (Lipinski definition) is 1. The number of rotatable bonds is 6. The Morgan fingerprint density at radius 3 is 2.47 bits per heavy atom. The fourth-order valence-electron chi connectivity index (χ4n) is 5.91. The third-order valence-electron chi connectivity index (χ3n) is 8.31. The SMILES string of the molecule is O=C(O)[C@@H]1Cc2cc3c(cc2CN1C1CCC1)C[C@H](c1ccc(OCc2ccc(Cl)c(Cl)c2)cc1)CCO3. The number of carbonyl (C=O) groups is 1. The van der Waals surface area contributed by atoms with Gasteiger partial charge in [0.2, 0.25) is 0 Å². The molecule has 0 unspecified atom stereocenters. The number of ether oxygens (including phenoxy) is 2. The van der Waals surface area contributed by atoms with Crippen LogP contribution in [-0.2, 0) is 30.8 Å². The second-order valence-corrected chi connectivity index (χ2v) is 11.5. The highest BCUT2D eigenvalue weighted by molar-refractivity contribution is 6.42. The molecule has 0 aromatic heterocycles. The largest absolute Gasteiger partial charge is 0.493 e. The third-order valence-corrected chi connectivity index (χ3v) is 9.05. The number of benzene rings is 3. The molecule has 1 fully saturated rings. The Labute approximate surface area is 233 Å². The van der Waals surface area contributed by atoms with E-state index in [1.165, 1.54) is 23.1 Å². The van der Waals surface area contributed by atoms with E-state index in [1.54, 1.807) is 6.07 Å². The van der Waals surface area contributed by atoms with Crippen molar-refractivity contribution in [2.24, 2.45) is 0 Å². The van der Waals surface area contributed by atoms with Gasteiger partial charge in [0.05, 0.1) is 16.7 Å². The third kappa shape index (κ3) is 5.25. The monoisotopic (exact) mass is 551 g/mol. The molecule has 1 aliphatic carbocycles. The molecule has 3 aliphatic rings. The predicted octanol–water partition coefficient (Wildman–Crippen LogP) is 7.05. The number of fused-ring (bicyclic) bond motifs is 2. The summed E-state index contributed by atoms with van der Waals surface area (Å²) in [6, 6.07) is 18.2. The van der Waals surface area contributed by atoms with Crippen molar-refractivity contribution in [1.82, 2.24) is 4.90 Å². The highest BCUT2D eigenvalue weighted by Crippen LogP contribution is 2.39. The van der Waals surface area contributed by atoms with E-state index in [2.05, 4.69) is 29.2 Å². The fraction of sp³-hybridized carbons (Fsp3) is 0.387. The van der Waals surface area contributed by atoms with Crippen molar-refractivity contribution in [1.29, 1.82) is 0 Å². The summed E-state index contributed by atoms with van der Waals surface area (Å²) >= 11 is 12.1. The lowest BCUT2D eigenvalue weighted by Crippen LogP contribution is -2.52. The summed E-state index contributed by atoms with van der Waals surface area (Å²) in [5.74, 6) is 1.34. The quantitative estimate of drug-likeness (QED) is 0.355. The zero-order valence-electron chi connectivity index (χ0n) is 21.2. The molecular weight excluding hydrogens is 521 g/mol. The molecule has 7 heteroatoms. The number of carboxylic acids is 1. The molecule has 2 heterocycles. The average Bonchev–Trinajstić information content (AvgIpc) is 3.09. The highest BCUT2D eigenvalue weighted by atomic mass is 35.5. The van der Waals surface area contributed by atoms with Crippen LogP contribution in [0.4, 0.5) is 0 Å². The van der Waals surface area contributed by atoms with Crippen LogP contribution in [0.2, 0.25) is 10.0 Å². The van der Waals surface area contributed by atoms with Crippen molar-refractivity contribution in [3.05, 3.63) is 92.5 Å². The number of aliphatic carboxylic acids is 1.